The molecule has 0 bridgehead atoms. The fourth-order valence-electron chi connectivity index (χ4n) is 2.79. The molecule has 1 fully saturated rings. The summed E-state index contributed by atoms with van der Waals surface area (Å²) in [6.07, 6.45) is 1.85. The minimum atomic E-state index is -0.501. The summed E-state index contributed by atoms with van der Waals surface area (Å²) in [5.74, 6) is 0. The van der Waals surface area contributed by atoms with Gasteiger partial charge in [0.1, 0.15) is 0 Å². The molecule has 1 atom stereocenters. The number of aliphatic hydroxyl groups is 1. The van der Waals surface area contributed by atoms with Gasteiger partial charge in [-0.25, -0.2) is 0 Å². The van der Waals surface area contributed by atoms with E-state index in [1.807, 2.05) is 13.0 Å². The molecule has 0 spiro atoms. The van der Waals surface area contributed by atoms with E-state index in [9.17, 15) is 5.11 Å². The first-order chi connectivity index (χ1) is 8.45. The highest BCUT2D eigenvalue weighted by molar-refractivity contribution is 6.33. The van der Waals surface area contributed by atoms with E-state index in [1.165, 1.54) is 11.1 Å². The van der Waals surface area contributed by atoms with Crippen LogP contribution in [0.2, 0.25) is 5.02 Å². The van der Waals surface area contributed by atoms with Crippen LogP contribution in [-0.4, -0.2) is 30.3 Å². The van der Waals surface area contributed by atoms with Gasteiger partial charge in [0, 0.05) is 13.1 Å². The average Bonchev–Trinajstić information content (AvgIpc) is 2.28. The number of nitrogens with two attached hydrogens (primary N) is 1. The van der Waals surface area contributed by atoms with Crippen LogP contribution in [0, 0.1) is 13.8 Å². The Kier molecular flexibility index (Phi) is 3.85. The van der Waals surface area contributed by atoms with Crippen LogP contribution >= 0.6 is 11.6 Å². The lowest BCUT2D eigenvalue weighted by molar-refractivity contribution is 0.177. The van der Waals surface area contributed by atoms with Crippen LogP contribution in [0.1, 0.15) is 24.0 Å². The van der Waals surface area contributed by atoms with Crippen molar-refractivity contribution in [2.45, 2.75) is 32.2 Å². The lowest BCUT2D eigenvalue weighted by atomic mass is 9.90. The SMILES string of the molecule is Cc1cc(C)c(N2CCCC(N)(CO)C2)c(Cl)c1. The maximum Gasteiger partial charge on any atom is 0.0644 e. The second-order valence-electron chi connectivity index (χ2n) is 5.46. The Balaban J connectivity index is 2.32. The lowest BCUT2D eigenvalue weighted by Crippen LogP contribution is -2.57. The number of nitrogens with zero attached hydrogens (tertiary/aromatic N) is 1. The van der Waals surface area contributed by atoms with E-state index in [0.717, 1.165) is 30.1 Å². The second kappa shape index (κ2) is 5.08. The second-order valence-corrected chi connectivity index (χ2v) is 5.87. The molecular formula is C14H21ClN2O. The lowest BCUT2D eigenvalue weighted by Gasteiger charge is -2.41. The molecule has 4 heteroatoms. The highest BCUT2D eigenvalue weighted by atomic mass is 35.5. The molecule has 1 heterocycles. The van der Waals surface area contributed by atoms with E-state index in [1.54, 1.807) is 0 Å². The van der Waals surface area contributed by atoms with Crippen LogP contribution in [0.4, 0.5) is 5.69 Å². The number of halogens is 1. The van der Waals surface area contributed by atoms with Gasteiger partial charge in [0.05, 0.1) is 22.9 Å². The zero-order valence-corrected chi connectivity index (χ0v) is 11.8. The topological polar surface area (TPSA) is 49.5 Å². The summed E-state index contributed by atoms with van der Waals surface area (Å²) in [5.41, 5.74) is 9.08. The van der Waals surface area contributed by atoms with Crippen molar-refractivity contribution in [2.24, 2.45) is 5.73 Å². The van der Waals surface area contributed by atoms with E-state index < -0.39 is 5.54 Å². The van der Waals surface area contributed by atoms with Crippen LogP contribution in [-0.2, 0) is 0 Å². The van der Waals surface area contributed by atoms with Crippen LogP contribution in [0.5, 0.6) is 0 Å². The van der Waals surface area contributed by atoms with Crippen molar-refractivity contribution in [3.8, 4) is 0 Å². The third-order valence-electron chi connectivity index (χ3n) is 3.64. The van der Waals surface area contributed by atoms with Crippen molar-refractivity contribution in [1.82, 2.24) is 0 Å². The van der Waals surface area contributed by atoms with Gasteiger partial charge in [0.15, 0.2) is 0 Å². The molecule has 18 heavy (non-hydrogen) atoms. The molecule has 2 rings (SSSR count). The molecule has 3 nitrogen and oxygen atoms in total. The molecule has 3 N–H and O–H groups in total. The van der Waals surface area contributed by atoms with E-state index in [2.05, 4.69) is 17.9 Å². The predicted octanol–water partition coefficient (Wildman–Crippen LogP) is 2.25. The van der Waals surface area contributed by atoms with Crippen LogP contribution < -0.4 is 10.6 Å². The van der Waals surface area contributed by atoms with Crippen LogP contribution in [0.15, 0.2) is 12.1 Å². The van der Waals surface area contributed by atoms with Crippen molar-refractivity contribution < 1.29 is 5.11 Å². The molecule has 0 radical (unpaired) electrons. The molecule has 1 aromatic rings. The number of rotatable bonds is 2. The molecule has 0 saturated carbocycles. The number of aliphatic hydroxyl groups excluding tert-OH is 1. The first-order valence-corrected chi connectivity index (χ1v) is 6.74. The Morgan fingerprint density at radius 2 is 2.17 bits per heavy atom. The van der Waals surface area contributed by atoms with Crippen molar-refractivity contribution in [2.75, 3.05) is 24.6 Å². The van der Waals surface area contributed by atoms with Crippen molar-refractivity contribution in [3.63, 3.8) is 0 Å². The molecule has 0 aromatic heterocycles. The molecule has 1 aromatic carbocycles. The molecular weight excluding hydrogens is 248 g/mol. The summed E-state index contributed by atoms with van der Waals surface area (Å²) in [5, 5.41) is 10.2. The predicted molar refractivity (Wildman–Crippen MR) is 76.4 cm³/mol. The third-order valence-corrected chi connectivity index (χ3v) is 3.93. The van der Waals surface area contributed by atoms with Gasteiger partial charge in [0.25, 0.3) is 0 Å². The normalized spacial score (nSPS) is 24.4. The van der Waals surface area contributed by atoms with E-state index in [4.69, 9.17) is 17.3 Å². The van der Waals surface area contributed by atoms with Gasteiger partial charge in [-0.1, -0.05) is 17.7 Å². The van der Waals surface area contributed by atoms with E-state index >= 15 is 0 Å². The van der Waals surface area contributed by atoms with Gasteiger partial charge >= 0.3 is 0 Å². The minimum Gasteiger partial charge on any atom is -0.394 e. The molecule has 0 amide bonds. The maximum absolute atomic E-state index is 9.41. The standard InChI is InChI=1S/C14H21ClN2O/c1-10-6-11(2)13(12(15)7-10)17-5-3-4-14(16,8-17)9-18/h6-7,18H,3-5,8-9,16H2,1-2H3. The third kappa shape index (κ3) is 2.63. The zero-order valence-electron chi connectivity index (χ0n) is 11.0. The average molecular weight is 269 g/mol. The van der Waals surface area contributed by atoms with Crippen molar-refractivity contribution in [1.29, 1.82) is 0 Å². The number of hydrogen-bond donors (Lipinski definition) is 2. The Hall–Kier alpha value is -0.770. The van der Waals surface area contributed by atoms with Gasteiger partial charge in [-0.2, -0.15) is 0 Å². The Morgan fingerprint density at radius 1 is 1.44 bits per heavy atom. The molecule has 1 saturated heterocycles. The van der Waals surface area contributed by atoms with Gasteiger partial charge in [-0.3, -0.25) is 0 Å². The number of benzene rings is 1. The first-order valence-electron chi connectivity index (χ1n) is 6.37. The minimum absolute atomic E-state index is 0.0199. The highest BCUT2D eigenvalue weighted by Gasteiger charge is 2.32. The fourth-order valence-corrected chi connectivity index (χ4v) is 3.23. The van der Waals surface area contributed by atoms with E-state index in [0.29, 0.717) is 6.54 Å². The van der Waals surface area contributed by atoms with Crippen molar-refractivity contribution >= 4 is 17.3 Å². The molecule has 1 unspecified atom stereocenters. The Morgan fingerprint density at radius 3 is 2.78 bits per heavy atom. The first kappa shape index (κ1) is 13.7. The smallest absolute Gasteiger partial charge is 0.0644 e. The number of hydrogen-bond acceptors (Lipinski definition) is 3. The van der Waals surface area contributed by atoms with Gasteiger partial charge < -0.3 is 15.7 Å². The number of anilines is 1. The summed E-state index contributed by atoms with van der Waals surface area (Å²) >= 11 is 6.36. The monoisotopic (exact) mass is 268 g/mol. The summed E-state index contributed by atoms with van der Waals surface area (Å²) < 4.78 is 0. The molecule has 0 aliphatic carbocycles. The Bertz CT molecular complexity index is 426. The molecule has 1 aliphatic rings. The molecule has 1 aliphatic heterocycles. The number of piperidine rings is 1. The maximum atomic E-state index is 9.41. The summed E-state index contributed by atoms with van der Waals surface area (Å²) in [4.78, 5) is 2.21. The Labute approximate surface area is 114 Å². The van der Waals surface area contributed by atoms with Gasteiger partial charge in [-0.15, -0.1) is 0 Å². The highest BCUT2D eigenvalue weighted by Crippen LogP contribution is 2.34. The molecule has 100 valence electrons. The zero-order chi connectivity index (χ0) is 13.3. The largest absolute Gasteiger partial charge is 0.394 e. The van der Waals surface area contributed by atoms with Gasteiger partial charge in [-0.05, 0) is 43.9 Å². The van der Waals surface area contributed by atoms with Crippen LogP contribution in [0.25, 0.3) is 0 Å². The number of aryl methyl sites for hydroxylation is 2. The van der Waals surface area contributed by atoms with Crippen LogP contribution in [0.3, 0.4) is 0 Å². The summed E-state index contributed by atoms with van der Waals surface area (Å²) in [6, 6.07) is 4.11. The van der Waals surface area contributed by atoms with Gasteiger partial charge in [0.2, 0.25) is 0 Å². The fraction of sp³-hybridized carbons (Fsp3) is 0.571. The summed E-state index contributed by atoms with van der Waals surface area (Å²) in [7, 11) is 0. The van der Waals surface area contributed by atoms with E-state index in [-0.39, 0.29) is 6.61 Å². The summed E-state index contributed by atoms with van der Waals surface area (Å²) in [6.45, 7) is 5.74. The van der Waals surface area contributed by atoms with Crippen molar-refractivity contribution in [3.05, 3.63) is 28.3 Å². The quantitative estimate of drug-likeness (QED) is 0.865.